The van der Waals surface area contributed by atoms with Crippen molar-refractivity contribution >= 4 is 34.8 Å². The molecule has 0 saturated carbocycles. The highest BCUT2D eigenvalue weighted by atomic mass is 32.2. The number of hydrogen-bond acceptors (Lipinski definition) is 8. The Labute approximate surface area is 105 Å². The lowest BCUT2D eigenvalue weighted by Crippen LogP contribution is -1.97. The van der Waals surface area contributed by atoms with Crippen molar-refractivity contribution in [3.63, 3.8) is 0 Å². The zero-order valence-electron chi connectivity index (χ0n) is 8.65. The van der Waals surface area contributed by atoms with Crippen molar-refractivity contribution in [2.24, 2.45) is 0 Å². The summed E-state index contributed by atoms with van der Waals surface area (Å²) in [4.78, 5) is 18.5. The van der Waals surface area contributed by atoms with Crippen LogP contribution in [0.25, 0.3) is 0 Å². The van der Waals surface area contributed by atoms with E-state index >= 15 is 0 Å². The Morgan fingerprint density at radius 2 is 2.35 bits per heavy atom. The number of aromatic nitrogens is 3. The number of pyridine rings is 1. The molecule has 0 atom stereocenters. The summed E-state index contributed by atoms with van der Waals surface area (Å²) in [7, 11) is 1.70. The minimum atomic E-state index is -0.462. The first kappa shape index (κ1) is 11.7. The van der Waals surface area contributed by atoms with Crippen LogP contribution in [0, 0.1) is 10.1 Å². The van der Waals surface area contributed by atoms with Crippen LogP contribution in [0.1, 0.15) is 0 Å². The largest absolute Gasteiger partial charge is 0.373 e. The van der Waals surface area contributed by atoms with E-state index in [2.05, 4.69) is 19.7 Å². The molecule has 2 aromatic rings. The summed E-state index contributed by atoms with van der Waals surface area (Å²) in [6.45, 7) is 0. The van der Waals surface area contributed by atoms with Crippen molar-refractivity contribution in [2.75, 3.05) is 12.4 Å². The van der Waals surface area contributed by atoms with Gasteiger partial charge in [0.15, 0.2) is 9.37 Å². The van der Waals surface area contributed by atoms with E-state index in [9.17, 15) is 10.1 Å². The van der Waals surface area contributed by atoms with Crippen LogP contribution >= 0.6 is 23.3 Å². The maximum atomic E-state index is 10.8. The minimum Gasteiger partial charge on any atom is -0.373 e. The van der Waals surface area contributed by atoms with E-state index in [1.807, 2.05) is 0 Å². The van der Waals surface area contributed by atoms with Crippen molar-refractivity contribution in [1.82, 2.24) is 14.3 Å². The standard InChI is InChI=1S/C8H7N5O2S2/c1-9-6-3-2-5(13(14)15)7(12-6)16-8-10-4-11-17-8/h2-4H,1H3,(H,9,12). The van der Waals surface area contributed by atoms with E-state index in [-0.39, 0.29) is 5.69 Å². The van der Waals surface area contributed by atoms with Gasteiger partial charge in [-0.15, -0.1) is 0 Å². The lowest BCUT2D eigenvalue weighted by atomic mass is 10.4. The van der Waals surface area contributed by atoms with E-state index < -0.39 is 4.92 Å². The van der Waals surface area contributed by atoms with Crippen LogP contribution in [-0.4, -0.2) is 26.3 Å². The third-order valence-electron chi connectivity index (χ3n) is 1.82. The normalized spacial score (nSPS) is 10.2. The van der Waals surface area contributed by atoms with Gasteiger partial charge in [-0.2, -0.15) is 4.37 Å². The van der Waals surface area contributed by atoms with Crippen LogP contribution in [0.5, 0.6) is 0 Å². The van der Waals surface area contributed by atoms with Gasteiger partial charge in [-0.3, -0.25) is 10.1 Å². The minimum absolute atomic E-state index is 0.0378. The summed E-state index contributed by atoms with van der Waals surface area (Å²) in [5.41, 5.74) is -0.0378. The molecular weight excluding hydrogens is 262 g/mol. The van der Waals surface area contributed by atoms with Gasteiger partial charge >= 0.3 is 5.69 Å². The van der Waals surface area contributed by atoms with E-state index in [0.717, 1.165) is 11.8 Å². The van der Waals surface area contributed by atoms with Gasteiger partial charge in [-0.05, 0) is 29.4 Å². The number of hydrogen-bond donors (Lipinski definition) is 1. The van der Waals surface area contributed by atoms with Crippen LogP contribution in [-0.2, 0) is 0 Å². The molecule has 0 unspecified atom stereocenters. The lowest BCUT2D eigenvalue weighted by Gasteiger charge is -2.02. The molecule has 7 nitrogen and oxygen atoms in total. The van der Waals surface area contributed by atoms with Gasteiger partial charge < -0.3 is 5.32 Å². The molecule has 1 N–H and O–H groups in total. The molecule has 0 saturated heterocycles. The summed E-state index contributed by atoms with van der Waals surface area (Å²) in [6, 6.07) is 2.98. The van der Waals surface area contributed by atoms with Crippen molar-refractivity contribution in [2.45, 2.75) is 9.37 Å². The highest BCUT2D eigenvalue weighted by Crippen LogP contribution is 2.34. The predicted molar refractivity (Wildman–Crippen MR) is 64.5 cm³/mol. The number of nitro groups is 1. The third-order valence-corrected chi connectivity index (χ3v) is 3.53. The maximum absolute atomic E-state index is 10.8. The maximum Gasteiger partial charge on any atom is 0.301 e. The van der Waals surface area contributed by atoms with Gasteiger partial charge in [0.2, 0.25) is 0 Å². The van der Waals surface area contributed by atoms with Crippen molar-refractivity contribution in [3.05, 3.63) is 28.6 Å². The predicted octanol–water partition coefficient (Wildman–Crippen LogP) is 2.03. The first-order chi connectivity index (χ1) is 8.20. The van der Waals surface area contributed by atoms with Crippen LogP contribution in [0.15, 0.2) is 27.8 Å². The molecule has 0 bridgehead atoms. The molecule has 0 aliphatic carbocycles. The van der Waals surface area contributed by atoms with E-state index in [1.165, 1.54) is 23.9 Å². The summed E-state index contributed by atoms with van der Waals surface area (Å²) >= 11 is 2.30. The summed E-state index contributed by atoms with van der Waals surface area (Å²) in [5.74, 6) is 0.572. The zero-order valence-corrected chi connectivity index (χ0v) is 10.3. The second-order valence-corrected chi connectivity index (χ2v) is 4.85. The van der Waals surface area contributed by atoms with Gasteiger partial charge in [0.1, 0.15) is 12.1 Å². The SMILES string of the molecule is CNc1ccc([N+](=O)[O-])c(Sc2ncns2)n1. The summed E-state index contributed by atoms with van der Waals surface area (Å²) < 4.78 is 4.45. The average molecular weight is 269 g/mol. The second kappa shape index (κ2) is 5.06. The fraction of sp³-hybridized carbons (Fsp3) is 0.125. The second-order valence-electron chi connectivity index (χ2n) is 2.84. The molecule has 17 heavy (non-hydrogen) atoms. The molecule has 2 aromatic heterocycles. The number of rotatable bonds is 4. The Morgan fingerprint density at radius 3 is 2.94 bits per heavy atom. The molecule has 2 heterocycles. The molecule has 0 amide bonds. The molecule has 0 aliphatic rings. The van der Waals surface area contributed by atoms with Crippen molar-refractivity contribution in [3.8, 4) is 0 Å². The van der Waals surface area contributed by atoms with Crippen molar-refractivity contribution in [1.29, 1.82) is 0 Å². The smallest absolute Gasteiger partial charge is 0.301 e. The monoisotopic (exact) mass is 269 g/mol. The Hall–Kier alpha value is -1.74. The van der Waals surface area contributed by atoms with Crippen LogP contribution < -0.4 is 5.32 Å². The molecule has 0 aliphatic heterocycles. The van der Waals surface area contributed by atoms with Gasteiger partial charge in [0.05, 0.1) is 4.92 Å². The highest BCUT2D eigenvalue weighted by Gasteiger charge is 2.18. The van der Waals surface area contributed by atoms with Crippen molar-refractivity contribution < 1.29 is 4.92 Å². The number of nitrogens with one attached hydrogen (secondary N) is 1. The van der Waals surface area contributed by atoms with Crippen LogP contribution in [0.2, 0.25) is 0 Å². The molecule has 9 heteroatoms. The molecule has 0 aromatic carbocycles. The first-order valence-electron chi connectivity index (χ1n) is 4.48. The Kier molecular flexibility index (Phi) is 3.49. The molecule has 0 fully saturated rings. The van der Waals surface area contributed by atoms with Gasteiger partial charge in [0, 0.05) is 13.1 Å². The topological polar surface area (TPSA) is 93.8 Å². The summed E-state index contributed by atoms with van der Waals surface area (Å²) in [5, 5.41) is 14.0. The van der Waals surface area contributed by atoms with Crippen LogP contribution in [0.4, 0.5) is 11.5 Å². The lowest BCUT2D eigenvalue weighted by molar-refractivity contribution is -0.388. The van der Waals surface area contributed by atoms with Gasteiger partial charge in [-0.25, -0.2) is 9.97 Å². The fourth-order valence-electron chi connectivity index (χ4n) is 1.08. The quantitative estimate of drug-likeness (QED) is 0.670. The molecule has 2 rings (SSSR count). The zero-order chi connectivity index (χ0) is 12.3. The Bertz CT molecular complexity index is 531. The van der Waals surface area contributed by atoms with Gasteiger partial charge in [-0.1, -0.05) is 0 Å². The number of anilines is 1. The Balaban J connectivity index is 2.38. The first-order valence-corrected chi connectivity index (χ1v) is 6.07. The molecule has 88 valence electrons. The van der Waals surface area contributed by atoms with Crippen LogP contribution in [0.3, 0.4) is 0 Å². The fourth-order valence-corrected chi connectivity index (χ4v) is 2.53. The van der Waals surface area contributed by atoms with E-state index in [4.69, 9.17) is 0 Å². The third kappa shape index (κ3) is 2.68. The Morgan fingerprint density at radius 1 is 1.53 bits per heavy atom. The molecule has 0 radical (unpaired) electrons. The molecular formula is C8H7N5O2S2. The summed E-state index contributed by atoms with van der Waals surface area (Å²) in [6.07, 6.45) is 1.40. The van der Waals surface area contributed by atoms with E-state index in [1.54, 1.807) is 13.1 Å². The van der Waals surface area contributed by atoms with Gasteiger partial charge in [0.25, 0.3) is 0 Å². The molecule has 0 spiro atoms. The van der Waals surface area contributed by atoms with E-state index in [0.29, 0.717) is 15.2 Å². The highest BCUT2D eigenvalue weighted by molar-refractivity contribution is 8.01. The number of nitrogens with zero attached hydrogens (tertiary/aromatic N) is 4. The average Bonchev–Trinajstić information content (AvgIpc) is 2.81.